The minimum Gasteiger partial charge on any atom is -0.406 e. The molecular weight excluding hydrogens is 401 g/mol. The van der Waals surface area contributed by atoms with Crippen molar-refractivity contribution in [3.8, 4) is 5.75 Å². The summed E-state index contributed by atoms with van der Waals surface area (Å²) >= 11 is 0. The first kappa shape index (κ1) is 23.6. The van der Waals surface area contributed by atoms with Gasteiger partial charge in [0.05, 0.1) is 0 Å². The molecule has 0 aliphatic carbocycles. The third-order valence-corrected chi connectivity index (χ3v) is 6.46. The molecule has 2 aromatic carbocycles. The van der Waals surface area contributed by atoms with E-state index < -0.39 is 6.36 Å². The summed E-state index contributed by atoms with van der Waals surface area (Å²) in [4.78, 5) is 4.89. The zero-order valence-corrected chi connectivity index (χ0v) is 18.9. The molecule has 1 fully saturated rings. The number of nitrogens with zero attached hydrogens (tertiary/aromatic N) is 2. The molecule has 1 aliphatic heterocycles. The van der Waals surface area contributed by atoms with Crippen LogP contribution in [0.15, 0.2) is 48.5 Å². The predicted octanol–water partition coefficient (Wildman–Crippen LogP) is 5.38. The number of benzene rings is 2. The maximum absolute atomic E-state index is 12.4. The van der Waals surface area contributed by atoms with Crippen LogP contribution in [0.2, 0.25) is 0 Å². The van der Waals surface area contributed by atoms with E-state index in [1.165, 1.54) is 23.3 Å². The zero-order chi connectivity index (χ0) is 22.6. The summed E-state index contributed by atoms with van der Waals surface area (Å²) in [5, 5.41) is 0. The maximum Gasteiger partial charge on any atom is 0.573 e. The molecule has 0 N–H and O–H groups in total. The van der Waals surface area contributed by atoms with Gasteiger partial charge in [0, 0.05) is 25.7 Å². The van der Waals surface area contributed by atoms with Crippen molar-refractivity contribution >= 4 is 0 Å². The van der Waals surface area contributed by atoms with E-state index in [4.69, 9.17) is 0 Å². The zero-order valence-electron chi connectivity index (χ0n) is 18.9. The second kappa shape index (κ2) is 9.61. The molecule has 170 valence electrons. The lowest BCUT2D eigenvalue weighted by Gasteiger charge is -2.46. The Kier molecular flexibility index (Phi) is 7.32. The van der Waals surface area contributed by atoms with Gasteiger partial charge in [-0.1, -0.05) is 50.2 Å². The van der Waals surface area contributed by atoms with Crippen molar-refractivity contribution in [1.82, 2.24) is 9.80 Å². The lowest BCUT2D eigenvalue weighted by Crippen LogP contribution is -2.56. The first-order chi connectivity index (χ1) is 14.5. The molecule has 0 radical (unpaired) electrons. The largest absolute Gasteiger partial charge is 0.573 e. The normalized spacial score (nSPS) is 18.9. The smallest absolute Gasteiger partial charge is 0.406 e. The first-order valence-electron chi connectivity index (χ1n) is 10.8. The average Bonchev–Trinajstić information content (AvgIpc) is 2.69. The minimum absolute atomic E-state index is 0.174. The van der Waals surface area contributed by atoms with Gasteiger partial charge in [-0.15, -0.1) is 13.2 Å². The fourth-order valence-corrected chi connectivity index (χ4v) is 4.48. The third-order valence-electron chi connectivity index (χ3n) is 6.46. The summed E-state index contributed by atoms with van der Waals surface area (Å²) in [5.41, 5.74) is 3.66. The van der Waals surface area contributed by atoms with Crippen LogP contribution in [0.25, 0.3) is 0 Å². The Balaban J connectivity index is 1.66. The number of halogens is 3. The maximum atomic E-state index is 12.4. The molecule has 1 unspecified atom stereocenters. The highest BCUT2D eigenvalue weighted by molar-refractivity contribution is 5.35. The highest BCUT2D eigenvalue weighted by atomic mass is 19.4. The molecule has 2 aromatic rings. The van der Waals surface area contributed by atoms with E-state index in [0.29, 0.717) is 12.5 Å². The van der Waals surface area contributed by atoms with E-state index in [1.54, 1.807) is 12.1 Å². The van der Waals surface area contributed by atoms with E-state index >= 15 is 0 Å². The number of rotatable bonds is 7. The molecular formula is C25H33F3N2O. The van der Waals surface area contributed by atoms with Crippen molar-refractivity contribution in [2.75, 3.05) is 33.7 Å². The van der Waals surface area contributed by atoms with Crippen molar-refractivity contribution < 1.29 is 17.9 Å². The average molecular weight is 435 g/mol. The summed E-state index contributed by atoms with van der Waals surface area (Å²) in [6, 6.07) is 15.0. The van der Waals surface area contributed by atoms with Crippen LogP contribution >= 0.6 is 0 Å². The van der Waals surface area contributed by atoms with E-state index in [1.807, 2.05) is 6.07 Å². The fraction of sp³-hybridized carbons (Fsp3) is 0.520. The van der Waals surface area contributed by atoms with Crippen LogP contribution in [0.4, 0.5) is 13.2 Å². The van der Waals surface area contributed by atoms with Crippen LogP contribution in [0.3, 0.4) is 0 Å². The van der Waals surface area contributed by atoms with Crippen molar-refractivity contribution in [1.29, 1.82) is 0 Å². The number of hydrogen-bond acceptors (Lipinski definition) is 3. The number of ether oxygens (including phenoxy) is 1. The number of likely N-dealkylation sites (N-methyl/N-ethyl adjacent to an activating group) is 2. The van der Waals surface area contributed by atoms with E-state index in [2.05, 4.69) is 60.7 Å². The molecule has 0 aromatic heterocycles. The van der Waals surface area contributed by atoms with E-state index in [9.17, 15) is 13.2 Å². The Morgan fingerprint density at radius 1 is 0.935 bits per heavy atom. The molecule has 31 heavy (non-hydrogen) atoms. The van der Waals surface area contributed by atoms with Gasteiger partial charge in [0.2, 0.25) is 0 Å². The first-order valence-corrected chi connectivity index (χ1v) is 10.8. The summed E-state index contributed by atoms with van der Waals surface area (Å²) in [5.74, 6) is -0.187. The quantitative estimate of drug-likeness (QED) is 0.582. The molecule has 3 nitrogen and oxygen atoms in total. The molecule has 0 bridgehead atoms. The van der Waals surface area contributed by atoms with Gasteiger partial charge < -0.3 is 14.5 Å². The van der Waals surface area contributed by atoms with Gasteiger partial charge >= 0.3 is 6.36 Å². The number of aryl methyl sites for hydroxylation is 1. The summed E-state index contributed by atoms with van der Waals surface area (Å²) in [6.07, 6.45) is -1.92. The molecule has 3 rings (SSSR count). The molecule has 0 amide bonds. The van der Waals surface area contributed by atoms with Crippen LogP contribution in [0.1, 0.15) is 37.0 Å². The van der Waals surface area contributed by atoms with Gasteiger partial charge in [-0.2, -0.15) is 0 Å². The predicted molar refractivity (Wildman–Crippen MR) is 118 cm³/mol. The number of hydrogen-bond donors (Lipinski definition) is 0. The van der Waals surface area contributed by atoms with Gasteiger partial charge in [-0.25, -0.2) is 0 Å². The SMILES string of the molecule is CN1CCN(C)C(C(C)(C)CCc2ccccc2Cc2ccc(OC(F)(F)F)cc2)C1. The van der Waals surface area contributed by atoms with Crippen LogP contribution in [0, 0.1) is 5.41 Å². The molecule has 0 spiro atoms. The Bertz CT molecular complexity index is 849. The van der Waals surface area contributed by atoms with Crippen molar-refractivity contribution in [3.63, 3.8) is 0 Å². The molecule has 6 heteroatoms. The lowest BCUT2D eigenvalue weighted by molar-refractivity contribution is -0.274. The third kappa shape index (κ3) is 6.71. The van der Waals surface area contributed by atoms with Crippen LogP contribution < -0.4 is 4.74 Å². The Hall–Kier alpha value is -2.05. The molecule has 1 heterocycles. The van der Waals surface area contributed by atoms with Gasteiger partial charge in [0.25, 0.3) is 0 Å². The summed E-state index contributed by atoms with van der Waals surface area (Å²) in [7, 11) is 4.41. The van der Waals surface area contributed by atoms with E-state index in [-0.39, 0.29) is 11.2 Å². The molecule has 1 saturated heterocycles. The Morgan fingerprint density at radius 3 is 2.23 bits per heavy atom. The molecule has 0 saturated carbocycles. The van der Waals surface area contributed by atoms with E-state index in [0.717, 1.165) is 38.0 Å². The molecule has 1 atom stereocenters. The number of piperazine rings is 1. The summed E-state index contributed by atoms with van der Waals surface area (Å²) in [6.45, 7) is 8.00. The second-order valence-corrected chi connectivity index (χ2v) is 9.38. The highest BCUT2D eigenvalue weighted by Crippen LogP contribution is 2.33. The van der Waals surface area contributed by atoms with Gasteiger partial charge in [-0.3, -0.25) is 0 Å². The van der Waals surface area contributed by atoms with Gasteiger partial charge in [0.1, 0.15) is 5.75 Å². The monoisotopic (exact) mass is 434 g/mol. The number of alkyl halides is 3. The van der Waals surface area contributed by atoms with Crippen LogP contribution in [0.5, 0.6) is 5.75 Å². The summed E-state index contributed by atoms with van der Waals surface area (Å²) < 4.78 is 41.1. The van der Waals surface area contributed by atoms with Crippen molar-refractivity contribution in [3.05, 3.63) is 65.2 Å². The minimum atomic E-state index is -4.66. The second-order valence-electron chi connectivity index (χ2n) is 9.38. The fourth-order valence-electron chi connectivity index (χ4n) is 4.48. The molecule has 1 aliphatic rings. The van der Waals surface area contributed by atoms with Crippen molar-refractivity contribution in [2.24, 2.45) is 5.41 Å². The van der Waals surface area contributed by atoms with Gasteiger partial charge in [0.15, 0.2) is 0 Å². The Labute approximate surface area is 183 Å². The van der Waals surface area contributed by atoms with Gasteiger partial charge in [-0.05, 0) is 67.6 Å². The topological polar surface area (TPSA) is 15.7 Å². The highest BCUT2D eigenvalue weighted by Gasteiger charge is 2.35. The Morgan fingerprint density at radius 2 is 1.58 bits per heavy atom. The van der Waals surface area contributed by atoms with Crippen LogP contribution in [-0.2, 0) is 12.8 Å². The van der Waals surface area contributed by atoms with Crippen molar-refractivity contribution in [2.45, 2.75) is 45.5 Å². The lowest BCUT2D eigenvalue weighted by atomic mass is 9.77. The van der Waals surface area contributed by atoms with Crippen LogP contribution in [-0.4, -0.2) is 55.9 Å². The standard InChI is InChI=1S/C25H33F3N2O/c1-24(2,23-18-29(3)15-16-30(23)4)14-13-20-7-5-6-8-21(20)17-19-9-11-22(12-10-19)31-25(26,27)28/h5-12,23H,13-18H2,1-4H3.